The predicted octanol–water partition coefficient (Wildman–Crippen LogP) is 5.72. The molecular formula is C20H29NNa. The molecule has 0 bridgehead atoms. The minimum absolute atomic E-state index is 0. The second kappa shape index (κ2) is 11.1. The number of nitrogen functional groups attached to an aromatic ring is 1. The summed E-state index contributed by atoms with van der Waals surface area (Å²) in [4.78, 5) is 0. The van der Waals surface area contributed by atoms with Gasteiger partial charge in [0.25, 0.3) is 0 Å². The van der Waals surface area contributed by atoms with E-state index in [1.807, 2.05) is 0 Å². The Bertz CT molecular complexity index is 550. The third-order valence-corrected chi connectivity index (χ3v) is 4.36. The van der Waals surface area contributed by atoms with Crippen LogP contribution in [0.1, 0.15) is 63.9 Å². The zero-order valence-corrected chi connectivity index (χ0v) is 16.4. The third kappa shape index (κ3) is 5.95. The molecule has 0 aliphatic carbocycles. The van der Waals surface area contributed by atoms with E-state index in [4.69, 9.17) is 5.73 Å². The number of aryl methyl sites for hydroxylation is 1. The maximum atomic E-state index is 6.31. The quantitative estimate of drug-likeness (QED) is 0.357. The number of hydrogen-bond acceptors (Lipinski definition) is 1. The molecule has 2 rings (SSSR count). The van der Waals surface area contributed by atoms with E-state index < -0.39 is 0 Å². The SMILES string of the molecule is CCCCCCCCCCc1ccc2ccccc2c1N.[Na]. The van der Waals surface area contributed by atoms with E-state index in [1.165, 1.54) is 67.7 Å². The first-order valence-corrected chi connectivity index (χ1v) is 8.59. The van der Waals surface area contributed by atoms with Crippen LogP contribution in [0.3, 0.4) is 0 Å². The van der Waals surface area contributed by atoms with Crippen LogP contribution in [0.25, 0.3) is 10.8 Å². The monoisotopic (exact) mass is 306 g/mol. The standard InChI is InChI=1S/C20H29N.Na/c1-2-3-4-5-6-7-8-9-13-18-16-15-17-12-10-11-14-19(17)20(18)21;/h10-12,14-16H,2-9,13,21H2,1H3;. The molecule has 2 aromatic rings. The molecule has 0 fully saturated rings. The van der Waals surface area contributed by atoms with Crippen LogP contribution >= 0.6 is 0 Å². The van der Waals surface area contributed by atoms with Crippen LogP contribution in [0.15, 0.2) is 36.4 Å². The van der Waals surface area contributed by atoms with Crippen LogP contribution in [0.2, 0.25) is 0 Å². The molecule has 0 aromatic heterocycles. The summed E-state index contributed by atoms with van der Waals surface area (Å²) in [6, 6.07) is 12.8. The molecule has 0 amide bonds. The maximum absolute atomic E-state index is 6.31. The molecule has 22 heavy (non-hydrogen) atoms. The number of rotatable bonds is 9. The van der Waals surface area contributed by atoms with Crippen LogP contribution in [0.4, 0.5) is 5.69 Å². The first kappa shape index (κ1) is 19.5. The van der Waals surface area contributed by atoms with Crippen LogP contribution in [-0.2, 0) is 6.42 Å². The van der Waals surface area contributed by atoms with Crippen molar-refractivity contribution >= 4 is 46.0 Å². The fourth-order valence-electron chi connectivity index (χ4n) is 3.01. The van der Waals surface area contributed by atoms with Crippen LogP contribution in [0, 0.1) is 0 Å². The number of anilines is 1. The van der Waals surface area contributed by atoms with E-state index >= 15 is 0 Å². The molecule has 0 saturated carbocycles. The van der Waals surface area contributed by atoms with Crippen molar-refractivity contribution in [3.05, 3.63) is 42.0 Å². The summed E-state index contributed by atoms with van der Waals surface area (Å²) in [5.41, 5.74) is 8.62. The van der Waals surface area contributed by atoms with Gasteiger partial charge in [0.1, 0.15) is 0 Å². The molecule has 0 saturated heterocycles. The third-order valence-electron chi connectivity index (χ3n) is 4.36. The van der Waals surface area contributed by atoms with Gasteiger partial charge < -0.3 is 5.73 Å². The van der Waals surface area contributed by atoms with Gasteiger partial charge in [0.05, 0.1) is 0 Å². The summed E-state index contributed by atoms with van der Waals surface area (Å²) >= 11 is 0. The molecule has 2 heteroatoms. The normalized spacial score (nSPS) is 10.6. The van der Waals surface area contributed by atoms with Crippen molar-refractivity contribution in [1.82, 2.24) is 0 Å². The number of hydrogen-bond donors (Lipinski definition) is 1. The van der Waals surface area contributed by atoms with Gasteiger partial charge in [-0.25, -0.2) is 0 Å². The Hall–Kier alpha value is -0.500. The summed E-state index contributed by atoms with van der Waals surface area (Å²) in [5, 5.41) is 2.45. The van der Waals surface area contributed by atoms with Gasteiger partial charge in [0.15, 0.2) is 0 Å². The van der Waals surface area contributed by atoms with Crippen molar-refractivity contribution in [2.45, 2.75) is 64.7 Å². The second-order valence-corrected chi connectivity index (χ2v) is 6.08. The van der Waals surface area contributed by atoms with E-state index in [1.54, 1.807) is 0 Å². The molecule has 2 aromatic carbocycles. The molecule has 0 atom stereocenters. The molecule has 0 unspecified atom stereocenters. The Kier molecular flexibility index (Phi) is 9.86. The summed E-state index contributed by atoms with van der Waals surface area (Å²) < 4.78 is 0. The minimum Gasteiger partial charge on any atom is -0.398 e. The number of benzene rings is 2. The Morgan fingerprint density at radius 3 is 2.14 bits per heavy atom. The van der Waals surface area contributed by atoms with Gasteiger partial charge in [0.2, 0.25) is 0 Å². The van der Waals surface area contributed by atoms with Crippen molar-refractivity contribution in [2.24, 2.45) is 0 Å². The van der Waals surface area contributed by atoms with Gasteiger partial charge in [-0.3, -0.25) is 0 Å². The van der Waals surface area contributed by atoms with Gasteiger partial charge in [0, 0.05) is 40.6 Å². The van der Waals surface area contributed by atoms with Gasteiger partial charge in [-0.05, 0) is 23.8 Å². The smallest absolute Gasteiger partial charge is 0.0426 e. The van der Waals surface area contributed by atoms with Gasteiger partial charge in [-0.15, -0.1) is 0 Å². The first-order chi connectivity index (χ1) is 10.3. The van der Waals surface area contributed by atoms with Crippen LogP contribution < -0.4 is 5.73 Å². The van der Waals surface area contributed by atoms with E-state index in [9.17, 15) is 0 Å². The average Bonchev–Trinajstić information content (AvgIpc) is 2.52. The summed E-state index contributed by atoms with van der Waals surface area (Å²) in [5.74, 6) is 0. The zero-order chi connectivity index (χ0) is 14.9. The molecule has 1 radical (unpaired) electrons. The molecule has 2 N–H and O–H groups in total. The predicted molar refractivity (Wildman–Crippen MR) is 100 cm³/mol. The maximum Gasteiger partial charge on any atom is 0.0426 e. The molecule has 0 aliphatic heterocycles. The zero-order valence-electron chi connectivity index (χ0n) is 14.4. The first-order valence-electron chi connectivity index (χ1n) is 8.59. The summed E-state index contributed by atoms with van der Waals surface area (Å²) in [7, 11) is 0. The second-order valence-electron chi connectivity index (χ2n) is 6.08. The van der Waals surface area contributed by atoms with Crippen molar-refractivity contribution in [1.29, 1.82) is 0 Å². The van der Waals surface area contributed by atoms with Crippen molar-refractivity contribution in [3.63, 3.8) is 0 Å². The minimum atomic E-state index is 0. The van der Waals surface area contributed by atoms with Gasteiger partial charge in [-0.2, -0.15) is 0 Å². The van der Waals surface area contributed by atoms with E-state index in [0.717, 1.165) is 12.1 Å². The summed E-state index contributed by atoms with van der Waals surface area (Å²) in [6.45, 7) is 2.27. The Morgan fingerprint density at radius 2 is 1.41 bits per heavy atom. The Labute approximate surface area is 158 Å². The van der Waals surface area contributed by atoms with E-state index in [2.05, 4.69) is 43.3 Å². The number of unbranched alkanes of at least 4 members (excludes halogenated alkanes) is 7. The van der Waals surface area contributed by atoms with Crippen molar-refractivity contribution in [3.8, 4) is 0 Å². The number of fused-ring (bicyclic) bond motifs is 1. The number of nitrogens with two attached hydrogens (primary N) is 1. The van der Waals surface area contributed by atoms with Gasteiger partial charge >= 0.3 is 0 Å². The van der Waals surface area contributed by atoms with Crippen LogP contribution in [0.5, 0.6) is 0 Å². The largest absolute Gasteiger partial charge is 0.398 e. The van der Waals surface area contributed by atoms with Crippen molar-refractivity contribution in [2.75, 3.05) is 5.73 Å². The Balaban J connectivity index is 0.00000242. The average molecular weight is 306 g/mol. The fourth-order valence-corrected chi connectivity index (χ4v) is 3.01. The summed E-state index contributed by atoms with van der Waals surface area (Å²) in [6.07, 6.45) is 12.0. The fraction of sp³-hybridized carbons (Fsp3) is 0.500. The molecular weight excluding hydrogens is 277 g/mol. The van der Waals surface area contributed by atoms with E-state index in [0.29, 0.717) is 0 Å². The van der Waals surface area contributed by atoms with Gasteiger partial charge in [-0.1, -0.05) is 88.3 Å². The van der Waals surface area contributed by atoms with Crippen LogP contribution in [-0.4, -0.2) is 29.6 Å². The molecule has 1 nitrogen and oxygen atoms in total. The topological polar surface area (TPSA) is 26.0 Å². The van der Waals surface area contributed by atoms with E-state index in [-0.39, 0.29) is 29.6 Å². The molecule has 0 aliphatic rings. The molecule has 0 spiro atoms. The Morgan fingerprint density at radius 1 is 0.773 bits per heavy atom. The molecule has 0 heterocycles. The van der Waals surface area contributed by atoms with Crippen molar-refractivity contribution < 1.29 is 0 Å². The molecule has 115 valence electrons.